The first-order valence-electron chi connectivity index (χ1n) is 10.6. The minimum absolute atomic E-state index is 0.0208. The summed E-state index contributed by atoms with van der Waals surface area (Å²) in [5.74, 6) is 1.01. The average molecular weight is 437 g/mol. The van der Waals surface area contributed by atoms with Gasteiger partial charge in [-0.25, -0.2) is 14.8 Å². The Bertz CT molecular complexity index is 1430. The van der Waals surface area contributed by atoms with Gasteiger partial charge >= 0.3 is 5.69 Å². The Morgan fingerprint density at radius 3 is 2.53 bits per heavy atom. The molecule has 0 spiro atoms. The smallest absolute Gasteiger partial charge is 0.332 e. The van der Waals surface area contributed by atoms with Crippen molar-refractivity contribution < 1.29 is 0 Å². The molecule has 1 atom stereocenters. The van der Waals surface area contributed by atoms with Gasteiger partial charge in [-0.15, -0.1) is 0 Å². The number of rotatable bonds is 6. The van der Waals surface area contributed by atoms with Crippen molar-refractivity contribution in [1.82, 2.24) is 28.7 Å². The highest BCUT2D eigenvalue weighted by atomic mass is 16.2. The van der Waals surface area contributed by atoms with Crippen LogP contribution in [0.3, 0.4) is 0 Å². The molecule has 1 aromatic carbocycles. The molecule has 2 N–H and O–H groups in total. The van der Waals surface area contributed by atoms with Crippen LogP contribution in [0.1, 0.15) is 25.4 Å². The number of benzene rings is 1. The van der Waals surface area contributed by atoms with Gasteiger partial charge in [-0.05, 0) is 26.8 Å². The van der Waals surface area contributed by atoms with Crippen molar-refractivity contribution in [3.8, 4) is 0 Å². The highest BCUT2D eigenvalue weighted by Crippen LogP contribution is 2.19. The molecule has 0 aliphatic heterocycles. The van der Waals surface area contributed by atoms with Gasteiger partial charge < -0.3 is 15.2 Å². The van der Waals surface area contributed by atoms with E-state index in [1.807, 2.05) is 61.6 Å². The molecule has 0 aliphatic rings. The fourth-order valence-electron chi connectivity index (χ4n) is 4.11. The molecule has 0 bridgehead atoms. The highest BCUT2D eigenvalue weighted by molar-refractivity contribution is 5.80. The molecular weight excluding hydrogens is 408 g/mol. The van der Waals surface area contributed by atoms with E-state index in [0.29, 0.717) is 36.0 Å². The fraction of sp³-hybridized carbons (Fsp3) is 0.409. The number of imidazole rings is 1. The van der Waals surface area contributed by atoms with Crippen LogP contribution in [-0.4, -0.2) is 48.3 Å². The zero-order chi connectivity index (χ0) is 23.2. The predicted molar refractivity (Wildman–Crippen MR) is 125 cm³/mol. The lowest BCUT2D eigenvalue weighted by Crippen LogP contribution is -2.40. The van der Waals surface area contributed by atoms with Crippen molar-refractivity contribution in [2.24, 2.45) is 12.8 Å². The van der Waals surface area contributed by atoms with E-state index in [1.54, 1.807) is 7.05 Å². The van der Waals surface area contributed by atoms with Gasteiger partial charge in [0.05, 0.1) is 12.1 Å². The van der Waals surface area contributed by atoms with E-state index in [0.717, 1.165) is 16.6 Å². The molecule has 0 radical (unpaired) electrons. The van der Waals surface area contributed by atoms with E-state index in [9.17, 15) is 9.59 Å². The number of anilines is 1. The summed E-state index contributed by atoms with van der Waals surface area (Å²) in [5.41, 5.74) is 7.38. The van der Waals surface area contributed by atoms with Crippen molar-refractivity contribution in [3.05, 3.63) is 56.6 Å². The zero-order valence-electron chi connectivity index (χ0n) is 19.0. The van der Waals surface area contributed by atoms with E-state index in [-0.39, 0.29) is 12.6 Å². The second-order valence-electron chi connectivity index (χ2n) is 8.16. The first-order valence-corrected chi connectivity index (χ1v) is 10.6. The SMILES string of the molecule is CCn1c(N(C)C[C@@H](C)N)nc2c1c(=O)n(Cc1nc(C)c3ccccc3n1)c(=O)n2C. The Kier molecular flexibility index (Phi) is 5.55. The summed E-state index contributed by atoms with van der Waals surface area (Å²) in [4.78, 5) is 42.2. The molecule has 0 amide bonds. The van der Waals surface area contributed by atoms with Gasteiger partial charge in [-0.1, -0.05) is 18.2 Å². The molecule has 10 heteroatoms. The average Bonchev–Trinajstić information content (AvgIpc) is 3.15. The highest BCUT2D eigenvalue weighted by Gasteiger charge is 2.22. The minimum Gasteiger partial charge on any atom is -0.344 e. The Labute approximate surface area is 184 Å². The van der Waals surface area contributed by atoms with Crippen LogP contribution < -0.4 is 21.9 Å². The van der Waals surface area contributed by atoms with Crippen LogP contribution in [0, 0.1) is 6.92 Å². The number of aryl methyl sites for hydroxylation is 3. The van der Waals surface area contributed by atoms with Gasteiger partial charge in [0.25, 0.3) is 5.56 Å². The van der Waals surface area contributed by atoms with Gasteiger partial charge in [0.2, 0.25) is 5.95 Å². The number of nitrogens with two attached hydrogens (primary N) is 1. The van der Waals surface area contributed by atoms with Crippen LogP contribution >= 0.6 is 0 Å². The molecule has 4 rings (SSSR count). The van der Waals surface area contributed by atoms with Crippen molar-refractivity contribution in [3.63, 3.8) is 0 Å². The molecule has 32 heavy (non-hydrogen) atoms. The lowest BCUT2D eigenvalue weighted by Gasteiger charge is -2.20. The van der Waals surface area contributed by atoms with Crippen molar-refractivity contribution >= 4 is 28.0 Å². The quantitative estimate of drug-likeness (QED) is 0.479. The predicted octanol–water partition coefficient (Wildman–Crippen LogP) is 1.000. The lowest BCUT2D eigenvalue weighted by molar-refractivity contribution is 0.631. The number of hydrogen-bond donors (Lipinski definition) is 1. The largest absolute Gasteiger partial charge is 0.344 e. The van der Waals surface area contributed by atoms with Crippen LogP contribution in [0.25, 0.3) is 22.1 Å². The molecule has 0 unspecified atom stereocenters. The van der Waals surface area contributed by atoms with E-state index >= 15 is 0 Å². The summed E-state index contributed by atoms with van der Waals surface area (Å²) in [7, 11) is 3.49. The Morgan fingerprint density at radius 1 is 1.12 bits per heavy atom. The molecule has 4 aromatic rings. The first-order chi connectivity index (χ1) is 15.2. The van der Waals surface area contributed by atoms with Crippen LogP contribution in [0.15, 0.2) is 33.9 Å². The molecule has 0 aliphatic carbocycles. The number of fused-ring (bicyclic) bond motifs is 2. The topological polar surface area (TPSA) is 117 Å². The maximum absolute atomic E-state index is 13.5. The summed E-state index contributed by atoms with van der Waals surface area (Å²) in [6.07, 6.45) is 0. The third-order valence-corrected chi connectivity index (χ3v) is 5.57. The van der Waals surface area contributed by atoms with Crippen LogP contribution in [0.5, 0.6) is 0 Å². The van der Waals surface area contributed by atoms with Crippen LogP contribution in [0.2, 0.25) is 0 Å². The molecule has 0 fully saturated rings. The second-order valence-corrected chi connectivity index (χ2v) is 8.16. The summed E-state index contributed by atoms with van der Waals surface area (Å²) in [6.45, 7) is 6.81. The van der Waals surface area contributed by atoms with E-state index in [4.69, 9.17) is 5.73 Å². The summed E-state index contributed by atoms with van der Waals surface area (Å²) in [5, 5.41) is 0.942. The van der Waals surface area contributed by atoms with Crippen molar-refractivity contribution in [2.75, 3.05) is 18.5 Å². The van der Waals surface area contributed by atoms with Gasteiger partial charge in [-0.3, -0.25) is 13.9 Å². The molecule has 10 nitrogen and oxygen atoms in total. The van der Waals surface area contributed by atoms with Gasteiger partial charge in [0, 0.05) is 44.3 Å². The molecule has 168 valence electrons. The number of likely N-dealkylation sites (N-methyl/N-ethyl adjacent to an activating group) is 1. The Hall–Kier alpha value is -3.53. The number of para-hydroxylation sites is 1. The van der Waals surface area contributed by atoms with Crippen LogP contribution in [-0.2, 0) is 20.1 Å². The first kappa shape index (κ1) is 21.7. The fourth-order valence-corrected chi connectivity index (χ4v) is 4.11. The maximum atomic E-state index is 13.5. The summed E-state index contributed by atoms with van der Waals surface area (Å²) in [6, 6.07) is 7.60. The molecule has 3 aromatic heterocycles. The molecule has 0 saturated carbocycles. The minimum atomic E-state index is -0.459. The Morgan fingerprint density at radius 2 is 1.84 bits per heavy atom. The summed E-state index contributed by atoms with van der Waals surface area (Å²) >= 11 is 0. The van der Waals surface area contributed by atoms with Crippen molar-refractivity contribution in [1.29, 1.82) is 0 Å². The maximum Gasteiger partial charge on any atom is 0.332 e. The normalized spacial score (nSPS) is 12.6. The van der Waals surface area contributed by atoms with E-state index in [2.05, 4.69) is 15.0 Å². The van der Waals surface area contributed by atoms with Crippen LogP contribution in [0.4, 0.5) is 5.95 Å². The number of nitrogens with zero attached hydrogens (tertiary/aromatic N) is 7. The third kappa shape index (κ3) is 3.56. The third-order valence-electron chi connectivity index (χ3n) is 5.57. The van der Waals surface area contributed by atoms with Crippen molar-refractivity contribution in [2.45, 2.75) is 39.9 Å². The number of aromatic nitrogens is 6. The van der Waals surface area contributed by atoms with E-state index in [1.165, 1.54) is 9.13 Å². The standard InChI is InChI=1S/C22H28N8O2/c1-6-29-18-19(26-21(29)27(4)11-13(2)23)28(5)22(32)30(20(18)31)12-17-24-14(3)15-9-7-8-10-16(15)25-17/h7-10,13H,6,11-12,23H2,1-5H3/t13-/m1/s1. The number of hydrogen-bond acceptors (Lipinski definition) is 7. The van der Waals surface area contributed by atoms with Gasteiger partial charge in [0.15, 0.2) is 11.2 Å². The summed E-state index contributed by atoms with van der Waals surface area (Å²) < 4.78 is 4.40. The zero-order valence-corrected chi connectivity index (χ0v) is 19.0. The Balaban J connectivity index is 1.90. The monoisotopic (exact) mass is 436 g/mol. The van der Waals surface area contributed by atoms with Gasteiger partial charge in [0.1, 0.15) is 5.82 Å². The van der Waals surface area contributed by atoms with Gasteiger partial charge in [-0.2, -0.15) is 4.98 Å². The lowest BCUT2D eigenvalue weighted by atomic mass is 10.2. The van der Waals surface area contributed by atoms with E-state index < -0.39 is 11.2 Å². The molecule has 3 heterocycles. The molecular formula is C22H28N8O2. The second kappa shape index (κ2) is 8.19. The molecule has 0 saturated heterocycles.